The molecule has 32 heavy (non-hydrogen) atoms. The second-order valence-corrected chi connectivity index (χ2v) is 7.78. The molecule has 4 N–H and O–H groups in total. The Balaban J connectivity index is 1.44. The molecule has 0 aromatic carbocycles. The van der Waals surface area contributed by atoms with Crippen LogP contribution in [0.3, 0.4) is 0 Å². The van der Waals surface area contributed by atoms with Gasteiger partial charge in [-0.05, 0) is 24.1 Å². The van der Waals surface area contributed by atoms with Crippen LogP contribution in [0, 0.1) is 5.92 Å². The van der Waals surface area contributed by atoms with Gasteiger partial charge >= 0.3 is 12.2 Å². The molecule has 12 heteroatoms. The van der Waals surface area contributed by atoms with Gasteiger partial charge in [0, 0.05) is 45.0 Å². The van der Waals surface area contributed by atoms with Gasteiger partial charge in [-0.25, -0.2) is 14.8 Å². The van der Waals surface area contributed by atoms with Crippen molar-refractivity contribution >= 4 is 29.7 Å². The van der Waals surface area contributed by atoms with E-state index in [0.717, 1.165) is 6.07 Å². The number of aromatic nitrogens is 3. The fraction of sp³-hybridized carbons (Fsp3) is 0.400. The molecule has 0 radical (unpaired) electrons. The number of pyridine rings is 1. The standard InChI is InChI=1S/C20H22F3N7O2/c1-25-18(31)12-4-5-29(9-12)19(32)28-15-10-30-8-11(2-3-16(30)27-15)13-6-14(20(21,22)23)17(24)26-7-13/h2-3,6-7,10-12H,4-5,8-9H2,1H3,(H2,24,26)(H,25,31)(H,28,32). The van der Waals surface area contributed by atoms with E-state index in [9.17, 15) is 22.8 Å². The van der Waals surface area contributed by atoms with Gasteiger partial charge in [0.05, 0.1) is 11.5 Å². The number of carbonyl (C=O) groups excluding carboxylic acids is 2. The molecule has 2 aromatic heterocycles. The maximum atomic E-state index is 13.2. The number of alkyl halides is 3. The van der Waals surface area contributed by atoms with Crippen molar-refractivity contribution in [2.45, 2.75) is 25.1 Å². The number of hydrogen-bond acceptors (Lipinski definition) is 5. The largest absolute Gasteiger partial charge is 0.419 e. The molecule has 1 saturated heterocycles. The third-order valence-corrected chi connectivity index (χ3v) is 5.68. The molecule has 2 unspecified atom stereocenters. The highest BCUT2D eigenvalue weighted by atomic mass is 19.4. The minimum atomic E-state index is -4.59. The lowest BCUT2D eigenvalue weighted by Gasteiger charge is -2.20. The number of nitrogens with two attached hydrogens (primary N) is 1. The summed E-state index contributed by atoms with van der Waals surface area (Å²) in [7, 11) is 1.56. The van der Waals surface area contributed by atoms with E-state index in [1.165, 1.54) is 6.20 Å². The Labute approximate surface area is 181 Å². The number of rotatable bonds is 3. The number of likely N-dealkylation sites (tertiary alicyclic amines) is 1. The number of fused-ring (bicyclic) bond motifs is 1. The number of imidazole rings is 1. The Morgan fingerprint density at radius 2 is 2.06 bits per heavy atom. The van der Waals surface area contributed by atoms with Crippen LogP contribution in [0.15, 0.2) is 24.5 Å². The molecule has 2 aromatic rings. The number of amides is 3. The Kier molecular flexibility index (Phi) is 5.53. The predicted octanol–water partition coefficient (Wildman–Crippen LogP) is 2.29. The molecule has 2 aliphatic rings. The summed E-state index contributed by atoms with van der Waals surface area (Å²) in [6.07, 6.45) is 2.40. The lowest BCUT2D eigenvalue weighted by Crippen LogP contribution is -2.35. The lowest BCUT2D eigenvalue weighted by molar-refractivity contribution is -0.137. The van der Waals surface area contributed by atoms with Crippen LogP contribution in [-0.4, -0.2) is 51.5 Å². The fourth-order valence-corrected chi connectivity index (χ4v) is 3.93. The van der Waals surface area contributed by atoms with Crippen molar-refractivity contribution in [3.63, 3.8) is 0 Å². The quantitative estimate of drug-likeness (QED) is 0.665. The summed E-state index contributed by atoms with van der Waals surface area (Å²) in [5.41, 5.74) is 4.80. The van der Waals surface area contributed by atoms with E-state index in [4.69, 9.17) is 5.73 Å². The van der Waals surface area contributed by atoms with Gasteiger partial charge < -0.3 is 20.5 Å². The number of nitrogens with zero attached hydrogens (tertiary/aromatic N) is 4. The molecule has 0 saturated carbocycles. The SMILES string of the molecule is CNC(=O)C1CCN(C(=O)Nc2cn3c(n2)C=CC(c2cnc(N)c(C(F)(F)F)c2)C3)C1. The van der Waals surface area contributed by atoms with Crippen LogP contribution in [-0.2, 0) is 17.5 Å². The van der Waals surface area contributed by atoms with Crippen LogP contribution < -0.4 is 16.4 Å². The predicted molar refractivity (Wildman–Crippen MR) is 110 cm³/mol. The second-order valence-electron chi connectivity index (χ2n) is 7.78. The monoisotopic (exact) mass is 449 g/mol. The van der Waals surface area contributed by atoms with Gasteiger partial charge in [-0.15, -0.1) is 0 Å². The van der Waals surface area contributed by atoms with Crippen molar-refractivity contribution in [3.8, 4) is 0 Å². The first-order valence-electron chi connectivity index (χ1n) is 10.0. The molecule has 0 bridgehead atoms. The molecular weight excluding hydrogens is 427 g/mol. The van der Waals surface area contributed by atoms with E-state index in [1.54, 1.807) is 34.9 Å². The summed E-state index contributed by atoms with van der Waals surface area (Å²) in [5, 5.41) is 5.31. The van der Waals surface area contributed by atoms with Crippen molar-refractivity contribution in [1.29, 1.82) is 0 Å². The summed E-state index contributed by atoms with van der Waals surface area (Å²) in [4.78, 5) is 33.9. The van der Waals surface area contributed by atoms with E-state index in [1.807, 2.05) is 0 Å². The summed E-state index contributed by atoms with van der Waals surface area (Å²) in [5.74, 6) is -0.360. The minimum Gasteiger partial charge on any atom is -0.383 e. The Morgan fingerprint density at radius 1 is 1.28 bits per heavy atom. The zero-order valence-corrected chi connectivity index (χ0v) is 17.2. The third kappa shape index (κ3) is 4.25. The molecule has 170 valence electrons. The van der Waals surface area contributed by atoms with Crippen molar-refractivity contribution in [1.82, 2.24) is 24.8 Å². The molecule has 2 aliphatic heterocycles. The fourth-order valence-electron chi connectivity index (χ4n) is 3.93. The first-order valence-corrected chi connectivity index (χ1v) is 10.0. The van der Waals surface area contributed by atoms with E-state index < -0.39 is 17.6 Å². The smallest absolute Gasteiger partial charge is 0.383 e. The zero-order valence-electron chi connectivity index (χ0n) is 17.2. The van der Waals surface area contributed by atoms with E-state index in [-0.39, 0.29) is 23.8 Å². The van der Waals surface area contributed by atoms with Gasteiger partial charge in [-0.1, -0.05) is 6.08 Å². The Hall–Kier alpha value is -3.57. The summed E-state index contributed by atoms with van der Waals surface area (Å²) >= 11 is 0. The van der Waals surface area contributed by atoms with Crippen molar-refractivity contribution in [2.24, 2.45) is 5.92 Å². The van der Waals surface area contributed by atoms with Gasteiger partial charge in [0.2, 0.25) is 5.91 Å². The Morgan fingerprint density at radius 3 is 2.78 bits per heavy atom. The summed E-state index contributed by atoms with van der Waals surface area (Å²) < 4.78 is 41.2. The van der Waals surface area contributed by atoms with Crippen LogP contribution in [0.2, 0.25) is 0 Å². The normalized spacial score (nSPS) is 20.2. The van der Waals surface area contributed by atoms with E-state index >= 15 is 0 Å². The number of hydrogen-bond donors (Lipinski definition) is 3. The third-order valence-electron chi connectivity index (χ3n) is 5.68. The number of allylic oxidation sites excluding steroid dienone is 1. The summed E-state index contributed by atoms with van der Waals surface area (Å²) in [6, 6.07) is 0.656. The molecule has 1 fully saturated rings. The van der Waals surface area contributed by atoms with Crippen LogP contribution in [0.4, 0.5) is 29.6 Å². The topological polar surface area (TPSA) is 118 Å². The maximum absolute atomic E-state index is 13.2. The average Bonchev–Trinajstić information content (AvgIpc) is 3.39. The molecule has 4 rings (SSSR count). The number of halogens is 3. The maximum Gasteiger partial charge on any atom is 0.419 e. The summed E-state index contributed by atoms with van der Waals surface area (Å²) in [6.45, 7) is 1.12. The van der Waals surface area contributed by atoms with E-state index in [0.29, 0.717) is 43.3 Å². The van der Waals surface area contributed by atoms with Crippen LogP contribution in [0.5, 0.6) is 0 Å². The highest BCUT2D eigenvalue weighted by Gasteiger charge is 2.35. The first kappa shape index (κ1) is 21.7. The highest BCUT2D eigenvalue weighted by molar-refractivity contribution is 5.89. The highest BCUT2D eigenvalue weighted by Crippen LogP contribution is 2.35. The number of nitrogen functional groups attached to an aromatic ring is 1. The van der Waals surface area contributed by atoms with Crippen molar-refractivity contribution < 1.29 is 22.8 Å². The van der Waals surface area contributed by atoms with Gasteiger partial charge in [-0.3, -0.25) is 10.1 Å². The van der Waals surface area contributed by atoms with Gasteiger partial charge in [0.1, 0.15) is 11.6 Å². The first-order chi connectivity index (χ1) is 15.2. The van der Waals surface area contributed by atoms with Crippen molar-refractivity contribution in [3.05, 3.63) is 41.5 Å². The Bertz CT molecular complexity index is 1080. The van der Waals surface area contributed by atoms with Crippen LogP contribution in [0.1, 0.15) is 29.3 Å². The minimum absolute atomic E-state index is 0.0974. The van der Waals surface area contributed by atoms with E-state index in [2.05, 4.69) is 20.6 Å². The molecule has 0 spiro atoms. The molecule has 4 heterocycles. The van der Waals surface area contributed by atoms with Crippen LogP contribution in [0.25, 0.3) is 6.08 Å². The molecule has 9 nitrogen and oxygen atoms in total. The molecule has 2 atom stereocenters. The molecule has 0 aliphatic carbocycles. The van der Waals surface area contributed by atoms with Gasteiger partial charge in [-0.2, -0.15) is 13.2 Å². The second kappa shape index (κ2) is 8.17. The van der Waals surface area contributed by atoms with Crippen molar-refractivity contribution in [2.75, 3.05) is 31.2 Å². The molecular formula is C20H22F3N7O2. The average molecular weight is 449 g/mol. The molecule has 3 amide bonds. The zero-order chi connectivity index (χ0) is 23.0. The number of carbonyl (C=O) groups is 2. The number of nitrogens with one attached hydrogen (secondary N) is 2. The lowest BCUT2D eigenvalue weighted by atomic mass is 9.96. The number of urea groups is 1. The number of anilines is 2. The van der Waals surface area contributed by atoms with Gasteiger partial charge in [0.25, 0.3) is 0 Å². The van der Waals surface area contributed by atoms with Crippen LogP contribution >= 0.6 is 0 Å². The van der Waals surface area contributed by atoms with Gasteiger partial charge in [0.15, 0.2) is 5.82 Å².